The second kappa shape index (κ2) is 37.8. The summed E-state index contributed by atoms with van der Waals surface area (Å²) >= 11 is 0. The fourth-order valence-electron chi connectivity index (χ4n) is 5.37. The number of rotatable bonds is 42. The van der Waals surface area contributed by atoms with E-state index in [4.69, 9.17) is 57.4 Å². The molecule has 0 spiro atoms. The molecule has 18 heteroatoms. The first kappa shape index (κ1) is 59.5. The van der Waals surface area contributed by atoms with Crippen molar-refractivity contribution in [2.45, 2.75) is 150 Å². The van der Waals surface area contributed by atoms with Gasteiger partial charge in [-0.1, -0.05) is 20.4 Å². The first-order valence-electron chi connectivity index (χ1n) is 22.2. The maximum Gasteiger partial charge on any atom is 0.333 e. The number of nitrogens with zero attached hydrogens (tertiary/aromatic N) is 2. The molecule has 0 radical (unpaired) electrons. The molecule has 0 saturated heterocycles. The van der Waals surface area contributed by atoms with Gasteiger partial charge < -0.3 is 56.8 Å². The zero-order valence-corrected chi connectivity index (χ0v) is 39.5. The minimum Gasteiger partial charge on any atom is -0.464 e. The van der Waals surface area contributed by atoms with Gasteiger partial charge in [0.25, 0.3) is 6.26 Å². The van der Waals surface area contributed by atoms with Crippen molar-refractivity contribution < 1.29 is 76.0 Å². The van der Waals surface area contributed by atoms with Gasteiger partial charge in [-0.25, -0.2) is 14.4 Å². The van der Waals surface area contributed by atoms with Crippen LogP contribution in [-0.4, -0.2) is 159 Å². The third-order valence-electron chi connectivity index (χ3n) is 8.77. The molecule has 0 aromatic heterocycles. The molecule has 18 nitrogen and oxygen atoms in total. The van der Waals surface area contributed by atoms with Crippen LogP contribution >= 0.6 is 0 Å². The predicted octanol–water partition coefficient (Wildman–Crippen LogP) is 5.61. The fraction of sp³-hybridized carbons (Fsp3) is 0.844. The quantitative estimate of drug-likeness (QED) is 0.0138. The van der Waals surface area contributed by atoms with Gasteiger partial charge in [-0.15, -0.1) is 0 Å². The van der Waals surface area contributed by atoms with E-state index >= 15 is 0 Å². The Balaban J connectivity index is 4.76. The third kappa shape index (κ3) is 32.8. The lowest BCUT2D eigenvalue weighted by Gasteiger charge is -2.34. The molecule has 364 valence electrons. The normalized spacial score (nSPS) is 14.8. The highest BCUT2D eigenvalue weighted by molar-refractivity contribution is 5.87. The minimum atomic E-state index is -1.000. The number of ether oxygens (including phenoxy) is 12. The van der Waals surface area contributed by atoms with Crippen LogP contribution in [0.5, 0.6) is 0 Å². The first-order chi connectivity index (χ1) is 30.1. The SMILES string of the molecule is C=C(C)C(=O)OC(C)COC(C)COC(C)COCC(COCCC)(COCCC)COCC(C)OCC(C)OCC(C)OC(=O)CCCOC(=O)C(CCCCOC#N)N=C=O. The van der Waals surface area contributed by atoms with Crippen LogP contribution < -0.4 is 0 Å². The standard InChI is InChI=1S/C45H78N2O16/c1-11-18-52-28-45(29-53-19-12-2,31-56-23-36(6)59-25-38(8)61-27-40(10)63-43(50)34(3)4)30-55-22-35(5)58-24-37(7)60-26-39(9)62-42(49)17-15-21-57-44(51)41(47-33-48)16-13-14-20-54-32-46/h35-41H,3,11-31H2,1-2,4-10H3. The number of hydrogen-bond donors (Lipinski definition) is 0. The Kier molecular flexibility index (Phi) is 35.7. The van der Waals surface area contributed by atoms with Crippen molar-refractivity contribution in [3.8, 4) is 6.26 Å². The van der Waals surface area contributed by atoms with E-state index in [2.05, 4.69) is 30.2 Å². The lowest BCUT2D eigenvalue weighted by Crippen LogP contribution is -2.43. The zero-order chi connectivity index (χ0) is 47.3. The van der Waals surface area contributed by atoms with E-state index in [9.17, 15) is 19.2 Å². The maximum atomic E-state index is 12.3. The molecule has 0 aliphatic carbocycles. The number of hydrogen-bond acceptors (Lipinski definition) is 18. The Morgan fingerprint density at radius 1 is 0.635 bits per heavy atom. The number of carbonyl (C=O) groups excluding carboxylic acids is 4. The summed E-state index contributed by atoms with van der Waals surface area (Å²) in [5.74, 6) is -1.60. The average molecular weight is 903 g/mol. The van der Waals surface area contributed by atoms with Crippen molar-refractivity contribution in [2.24, 2.45) is 10.4 Å². The Hall–Kier alpha value is -3.50. The lowest BCUT2D eigenvalue weighted by molar-refractivity contribution is -0.155. The van der Waals surface area contributed by atoms with Crippen molar-refractivity contribution in [2.75, 3.05) is 92.5 Å². The van der Waals surface area contributed by atoms with Crippen LogP contribution in [0.1, 0.15) is 107 Å². The van der Waals surface area contributed by atoms with Crippen LogP contribution in [0.15, 0.2) is 17.1 Å². The van der Waals surface area contributed by atoms with Gasteiger partial charge in [0, 0.05) is 25.2 Å². The summed E-state index contributed by atoms with van der Waals surface area (Å²) in [7, 11) is 0. The van der Waals surface area contributed by atoms with Crippen molar-refractivity contribution >= 4 is 24.0 Å². The molecule has 0 bridgehead atoms. The molecule has 0 saturated carbocycles. The predicted molar refractivity (Wildman–Crippen MR) is 231 cm³/mol. The van der Waals surface area contributed by atoms with E-state index in [-0.39, 0.29) is 76.7 Å². The lowest BCUT2D eigenvalue weighted by atomic mass is 9.92. The van der Waals surface area contributed by atoms with E-state index in [1.165, 1.54) is 6.08 Å². The molecular weight excluding hydrogens is 824 g/mol. The Bertz CT molecular complexity index is 1310. The van der Waals surface area contributed by atoms with Crippen LogP contribution in [0.2, 0.25) is 0 Å². The summed E-state index contributed by atoms with van der Waals surface area (Å²) < 4.78 is 68.5. The summed E-state index contributed by atoms with van der Waals surface area (Å²) in [5, 5.41) is 8.41. The van der Waals surface area contributed by atoms with E-state index in [1.807, 2.05) is 27.7 Å². The number of isocyanates is 1. The van der Waals surface area contributed by atoms with E-state index < -0.39 is 41.6 Å². The topological polar surface area (TPSA) is 215 Å². The Labute approximate surface area is 375 Å². The number of unbranched alkanes of at least 4 members (excludes halogenated alkanes) is 1. The average Bonchev–Trinajstić information content (AvgIpc) is 3.24. The molecule has 0 aliphatic heterocycles. The highest BCUT2D eigenvalue weighted by atomic mass is 16.6. The zero-order valence-electron chi connectivity index (χ0n) is 39.5. The van der Waals surface area contributed by atoms with E-state index in [0.29, 0.717) is 77.9 Å². The van der Waals surface area contributed by atoms with Crippen molar-refractivity contribution in [1.29, 1.82) is 5.26 Å². The molecule has 0 aliphatic rings. The Morgan fingerprint density at radius 3 is 1.59 bits per heavy atom. The van der Waals surface area contributed by atoms with Crippen LogP contribution in [0.25, 0.3) is 0 Å². The van der Waals surface area contributed by atoms with Gasteiger partial charge in [0.05, 0.1) is 103 Å². The van der Waals surface area contributed by atoms with E-state index in [1.54, 1.807) is 27.0 Å². The monoisotopic (exact) mass is 903 g/mol. The molecule has 7 atom stereocenters. The third-order valence-corrected chi connectivity index (χ3v) is 8.77. The molecule has 63 heavy (non-hydrogen) atoms. The van der Waals surface area contributed by atoms with Crippen molar-refractivity contribution in [1.82, 2.24) is 0 Å². The first-order valence-corrected chi connectivity index (χ1v) is 22.2. The van der Waals surface area contributed by atoms with Crippen LogP contribution in [-0.2, 0) is 76.0 Å². The summed E-state index contributed by atoms with van der Waals surface area (Å²) in [6, 6.07) is -1.000. The Morgan fingerprint density at radius 2 is 1.11 bits per heavy atom. The largest absolute Gasteiger partial charge is 0.464 e. The molecule has 0 rings (SSSR count). The number of esters is 3. The maximum absolute atomic E-state index is 12.3. The summed E-state index contributed by atoms with van der Waals surface area (Å²) in [4.78, 5) is 50.6. The number of nitriles is 1. The van der Waals surface area contributed by atoms with Gasteiger partial charge in [-0.3, -0.25) is 4.79 Å². The molecule has 0 heterocycles. The van der Waals surface area contributed by atoms with Crippen LogP contribution in [0, 0.1) is 16.9 Å². The molecular formula is C45H78N2O16. The number of carbonyl (C=O) groups is 3. The summed E-state index contributed by atoms with van der Waals surface area (Å²) in [6.07, 6.45) is 4.27. The van der Waals surface area contributed by atoms with Gasteiger partial charge in [-0.05, 0) is 87.0 Å². The molecule has 0 aromatic rings. The molecule has 0 aromatic carbocycles. The van der Waals surface area contributed by atoms with Gasteiger partial charge in [0.2, 0.25) is 6.08 Å². The molecule has 7 unspecified atom stereocenters. The summed E-state index contributed by atoms with van der Waals surface area (Å²) in [5.41, 5.74) is -0.235. The molecule has 0 fully saturated rings. The second-order valence-corrected chi connectivity index (χ2v) is 16.0. The highest BCUT2D eigenvalue weighted by Crippen LogP contribution is 2.22. The minimum absolute atomic E-state index is 0.0199. The van der Waals surface area contributed by atoms with Gasteiger partial charge >= 0.3 is 17.9 Å². The van der Waals surface area contributed by atoms with Gasteiger partial charge in [0.15, 0.2) is 6.04 Å². The van der Waals surface area contributed by atoms with Gasteiger partial charge in [0.1, 0.15) is 18.8 Å². The van der Waals surface area contributed by atoms with Gasteiger partial charge in [-0.2, -0.15) is 10.3 Å². The van der Waals surface area contributed by atoms with Crippen LogP contribution in [0.3, 0.4) is 0 Å². The highest BCUT2D eigenvalue weighted by Gasteiger charge is 2.33. The molecule has 0 N–H and O–H groups in total. The van der Waals surface area contributed by atoms with E-state index in [0.717, 1.165) is 12.8 Å². The fourth-order valence-corrected chi connectivity index (χ4v) is 5.37. The van der Waals surface area contributed by atoms with Crippen molar-refractivity contribution in [3.05, 3.63) is 12.2 Å². The second-order valence-electron chi connectivity index (χ2n) is 16.0. The van der Waals surface area contributed by atoms with Crippen LogP contribution in [0.4, 0.5) is 0 Å². The number of aliphatic imine (C=N–C) groups is 1. The van der Waals surface area contributed by atoms with Crippen molar-refractivity contribution in [3.63, 3.8) is 0 Å². The molecule has 0 amide bonds. The summed E-state index contributed by atoms with van der Waals surface area (Å²) in [6.45, 7) is 24.8. The smallest absolute Gasteiger partial charge is 0.333 e.